The lowest BCUT2D eigenvalue weighted by Crippen LogP contribution is -2.32. The molecule has 1 fully saturated rings. The fourth-order valence-electron chi connectivity index (χ4n) is 3.76. The number of benzene rings is 2. The molecule has 1 saturated carbocycles. The molecule has 0 radical (unpaired) electrons. The van der Waals surface area contributed by atoms with Crippen LogP contribution in [0.3, 0.4) is 0 Å². The Bertz CT molecular complexity index is 507. The topological polar surface area (TPSA) is 9.23 Å². The zero-order chi connectivity index (χ0) is 14.5. The van der Waals surface area contributed by atoms with E-state index >= 15 is 0 Å². The van der Waals surface area contributed by atoms with Gasteiger partial charge in [0.1, 0.15) is 16.1 Å². The summed E-state index contributed by atoms with van der Waals surface area (Å²) in [6, 6.07) is 21.6. The van der Waals surface area contributed by atoms with Gasteiger partial charge in [0.15, 0.2) is 0 Å². The Hall–Kier alpha value is -1.38. The largest absolute Gasteiger partial charge is 0.414 e. The van der Waals surface area contributed by atoms with Gasteiger partial charge in [-0.1, -0.05) is 86.3 Å². The second-order valence-corrected chi connectivity index (χ2v) is 6.53. The normalized spacial score (nSPS) is 16.4. The maximum atomic E-state index is 6.31. The lowest BCUT2D eigenvalue weighted by Gasteiger charge is -2.36. The Kier molecular flexibility index (Phi) is 4.56. The van der Waals surface area contributed by atoms with Crippen LogP contribution in [0.5, 0.6) is 0 Å². The van der Waals surface area contributed by atoms with Crippen molar-refractivity contribution in [2.24, 2.45) is 5.92 Å². The Morgan fingerprint density at radius 1 is 0.857 bits per heavy atom. The third-order valence-corrected chi connectivity index (χ3v) is 5.58. The number of hydrogen-bond acceptors (Lipinski definition) is 1. The van der Waals surface area contributed by atoms with Crippen molar-refractivity contribution >= 4 is 10.5 Å². The first-order chi connectivity index (χ1) is 10.3. The zero-order valence-corrected chi connectivity index (χ0v) is 14.8. The van der Waals surface area contributed by atoms with Crippen LogP contribution in [0.4, 0.5) is 0 Å². The van der Waals surface area contributed by atoms with Crippen molar-refractivity contribution < 1.29 is 4.43 Å². The van der Waals surface area contributed by atoms with Gasteiger partial charge in [0.2, 0.25) is 0 Å². The van der Waals surface area contributed by atoms with E-state index in [2.05, 4.69) is 60.7 Å². The van der Waals surface area contributed by atoms with Crippen LogP contribution in [-0.4, -0.2) is 10.5 Å². The molecule has 21 heavy (non-hydrogen) atoms. The number of hydrogen-bond donors (Lipinski definition) is 0. The van der Waals surface area contributed by atoms with Crippen molar-refractivity contribution in [2.75, 3.05) is 0 Å². The molecule has 2 aromatic carbocycles. The highest BCUT2D eigenvalue weighted by Gasteiger charge is 2.36. The number of rotatable bonds is 5. The monoisotopic (exact) mass is 296 g/mol. The average Bonchev–Trinajstić information content (AvgIpc) is 3.07. The molecule has 0 heterocycles. The SMILES string of the molecule is [SiH3]OC(CC1CCCC1)(c1ccccc1)c1ccccc1. The van der Waals surface area contributed by atoms with Gasteiger partial charge in [0.05, 0.1) is 0 Å². The van der Waals surface area contributed by atoms with Gasteiger partial charge in [-0.15, -0.1) is 0 Å². The molecule has 0 bridgehead atoms. The highest BCUT2D eigenvalue weighted by Crippen LogP contribution is 2.42. The van der Waals surface area contributed by atoms with Gasteiger partial charge < -0.3 is 4.43 Å². The van der Waals surface area contributed by atoms with Gasteiger partial charge in [-0.3, -0.25) is 0 Å². The molecule has 0 amide bonds. The molecule has 0 N–H and O–H groups in total. The van der Waals surface area contributed by atoms with E-state index in [1.807, 2.05) is 0 Å². The van der Waals surface area contributed by atoms with Crippen LogP contribution in [0.15, 0.2) is 60.7 Å². The van der Waals surface area contributed by atoms with E-state index in [9.17, 15) is 0 Å². The maximum Gasteiger partial charge on any atom is 0.147 e. The Morgan fingerprint density at radius 3 is 1.76 bits per heavy atom. The third-order valence-electron chi connectivity index (χ3n) is 4.88. The van der Waals surface area contributed by atoms with E-state index in [-0.39, 0.29) is 5.60 Å². The molecule has 0 aromatic heterocycles. The molecule has 3 rings (SSSR count). The van der Waals surface area contributed by atoms with Gasteiger partial charge in [-0.2, -0.15) is 0 Å². The minimum absolute atomic E-state index is 0.246. The molecule has 1 aliphatic rings. The summed E-state index contributed by atoms with van der Waals surface area (Å²) in [5, 5.41) is 0. The Labute approximate surface area is 130 Å². The summed E-state index contributed by atoms with van der Waals surface area (Å²) >= 11 is 0. The molecule has 1 aliphatic carbocycles. The van der Waals surface area contributed by atoms with E-state index in [1.165, 1.54) is 36.8 Å². The van der Waals surface area contributed by atoms with Gasteiger partial charge in [0.25, 0.3) is 0 Å². The summed E-state index contributed by atoms with van der Waals surface area (Å²) < 4.78 is 6.31. The quantitative estimate of drug-likeness (QED) is 0.762. The van der Waals surface area contributed by atoms with Crippen LogP contribution in [0.2, 0.25) is 0 Å². The predicted octanol–water partition coefficient (Wildman–Crippen LogP) is 3.81. The first-order valence-corrected chi connectivity index (χ1v) is 8.83. The summed E-state index contributed by atoms with van der Waals surface area (Å²) in [6.07, 6.45) is 6.58. The summed E-state index contributed by atoms with van der Waals surface area (Å²) in [5.74, 6) is 0.791. The van der Waals surface area contributed by atoms with Crippen molar-refractivity contribution in [3.63, 3.8) is 0 Å². The first-order valence-electron chi connectivity index (χ1n) is 8.01. The highest BCUT2D eigenvalue weighted by atomic mass is 28.2. The Morgan fingerprint density at radius 2 is 1.33 bits per heavy atom. The first kappa shape index (κ1) is 14.5. The van der Waals surface area contributed by atoms with E-state index < -0.39 is 0 Å². The van der Waals surface area contributed by atoms with Crippen LogP contribution < -0.4 is 0 Å². The lowest BCUT2D eigenvalue weighted by atomic mass is 9.79. The van der Waals surface area contributed by atoms with Crippen molar-refractivity contribution in [1.29, 1.82) is 0 Å². The van der Waals surface area contributed by atoms with Crippen LogP contribution in [-0.2, 0) is 10.0 Å². The molecule has 0 spiro atoms. The van der Waals surface area contributed by atoms with Crippen LogP contribution in [0.25, 0.3) is 0 Å². The molecular formula is C19H24OSi. The summed E-state index contributed by atoms with van der Waals surface area (Å²) in [4.78, 5) is 0. The van der Waals surface area contributed by atoms with Crippen molar-refractivity contribution in [3.8, 4) is 0 Å². The Balaban J connectivity index is 2.03. The average molecular weight is 296 g/mol. The van der Waals surface area contributed by atoms with Gasteiger partial charge in [0, 0.05) is 0 Å². The molecule has 0 aliphatic heterocycles. The fraction of sp³-hybridized carbons (Fsp3) is 0.368. The summed E-state index contributed by atoms with van der Waals surface area (Å²) in [6.45, 7) is 0. The maximum absolute atomic E-state index is 6.31. The predicted molar refractivity (Wildman–Crippen MR) is 91.3 cm³/mol. The van der Waals surface area contributed by atoms with E-state index in [0.717, 1.165) is 22.8 Å². The molecular weight excluding hydrogens is 272 g/mol. The van der Waals surface area contributed by atoms with Crippen LogP contribution in [0, 0.1) is 5.92 Å². The highest BCUT2D eigenvalue weighted by molar-refractivity contribution is 5.98. The molecule has 2 aromatic rings. The lowest BCUT2D eigenvalue weighted by molar-refractivity contribution is 0.0923. The molecule has 0 saturated heterocycles. The van der Waals surface area contributed by atoms with E-state index in [0.29, 0.717) is 0 Å². The molecule has 0 unspecified atom stereocenters. The zero-order valence-electron chi connectivity index (χ0n) is 12.8. The molecule has 2 heteroatoms. The fourth-order valence-corrected chi connectivity index (χ4v) is 4.40. The standard InChI is InChI=1S/C19H24OSi/c21-20-19(15-16-9-7-8-10-16,17-11-3-1-4-12-17)18-13-5-2-6-14-18/h1-6,11-14,16H,7-10,15H2,21H3. The van der Waals surface area contributed by atoms with Crippen molar-refractivity contribution in [3.05, 3.63) is 71.8 Å². The second kappa shape index (κ2) is 6.59. The van der Waals surface area contributed by atoms with E-state index in [4.69, 9.17) is 4.43 Å². The minimum Gasteiger partial charge on any atom is -0.414 e. The van der Waals surface area contributed by atoms with Crippen molar-refractivity contribution in [2.45, 2.75) is 37.7 Å². The summed E-state index contributed by atoms with van der Waals surface area (Å²) in [5.41, 5.74) is 2.36. The van der Waals surface area contributed by atoms with Crippen molar-refractivity contribution in [1.82, 2.24) is 0 Å². The summed E-state index contributed by atoms with van der Waals surface area (Å²) in [7, 11) is 0.747. The minimum atomic E-state index is -0.246. The van der Waals surface area contributed by atoms with Crippen LogP contribution >= 0.6 is 0 Å². The molecule has 0 atom stereocenters. The van der Waals surface area contributed by atoms with Gasteiger partial charge >= 0.3 is 0 Å². The molecule has 110 valence electrons. The van der Waals surface area contributed by atoms with Gasteiger partial charge in [-0.05, 0) is 23.5 Å². The van der Waals surface area contributed by atoms with E-state index in [1.54, 1.807) is 0 Å². The third kappa shape index (κ3) is 2.97. The van der Waals surface area contributed by atoms with Crippen LogP contribution in [0.1, 0.15) is 43.2 Å². The smallest absolute Gasteiger partial charge is 0.147 e. The molecule has 1 nitrogen and oxygen atoms in total. The van der Waals surface area contributed by atoms with Gasteiger partial charge in [-0.25, -0.2) is 0 Å². The second-order valence-electron chi connectivity index (χ2n) is 6.12.